The van der Waals surface area contributed by atoms with E-state index in [2.05, 4.69) is 26.1 Å². The van der Waals surface area contributed by atoms with Crippen molar-refractivity contribution in [2.75, 3.05) is 18.0 Å². The minimum absolute atomic E-state index is 0.0429. The summed E-state index contributed by atoms with van der Waals surface area (Å²) in [5.41, 5.74) is 2.82. The van der Waals surface area contributed by atoms with Crippen molar-refractivity contribution in [3.05, 3.63) is 64.7 Å². The Morgan fingerprint density at radius 3 is 2.26 bits per heavy atom. The fraction of sp³-hybridized carbons (Fsp3) is 0.364. The highest BCUT2D eigenvalue weighted by Gasteiger charge is 2.22. The lowest BCUT2D eigenvalue weighted by Gasteiger charge is -2.29. The van der Waals surface area contributed by atoms with E-state index in [9.17, 15) is 9.59 Å². The molecule has 0 fully saturated rings. The summed E-state index contributed by atoms with van der Waals surface area (Å²) in [4.78, 5) is 26.1. The average Bonchev–Trinajstić information content (AvgIpc) is 2.60. The summed E-state index contributed by atoms with van der Waals surface area (Å²) in [6.45, 7) is 8.74. The zero-order valence-electron chi connectivity index (χ0n) is 16.4. The molecule has 0 aliphatic carbocycles. The van der Waals surface area contributed by atoms with E-state index in [0.717, 1.165) is 16.8 Å². The van der Waals surface area contributed by atoms with Crippen LogP contribution in [0.2, 0.25) is 5.02 Å². The molecule has 2 aromatic rings. The molecule has 0 aliphatic heterocycles. The molecule has 5 heteroatoms. The summed E-state index contributed by atoms with van der Waals surface area (Å²) in [5.74, 6) is -0.122. The van der Waals surface area contributed by atoms with Gasteiger partial charge in [-0.05, 0) is 34.7 Å². The highest BCUT2D eigenvalue weighted by atomic mass is 35.5. The molecule has 27 heavy (non-hydrogen) atoms. The number of anilines is 1. The van der Waals surface area contributed by atoms with Crippen molar-refractivity contribution in [3.8, 4) is 0 Å². The van der Waals surface area contributed by atoms with Crippen molar-refractivity contribution >= 4 is 29.1 Å². The summed E-state index contributed by atoms with van der Waals surface area (Å²) in [5, 5.41) is 3.54. The van der Waals surface area contributed by atoms with Crippen molar-refractivity contribution in [2.45, 2.75) is 39.5 Å². The zero-order valence-corrected chi connectivity index (χ0v) is 17.1. The van der Waals surface area contributed by atoms with Gasteiger partial charge in [-0.2, -0.15) is 0 Å². The van der Waals surface area contributed by atoms with Crippen molar-refractivity contribution in [3.63, 3.8) is 0 Å². The number of benzene rings is 2. The molecule has 144 valence electrons. The van der Waals surface area contributed by atoms with Crippen molar-refractivity contribution in [2.24, 2.45) is 0 Å². The van der Waals surface area contributed by atoms with E-state index in [4.69, 9.17) is 11.6 Å². The Morgan fingerprint density at radius 2 is 1.67 bits per heavy atom. The highest BCUT2D eigenvalue weighted by molar-refractivity contribution is 6.30. The third-order valence-electron chi connectivity index (χ3n) is 4.32. The molecule has 0 aromatic heterocycles. The molecule has 4 nitrogen and oxygen atoms in total. The van der Waals surface area contributed by atoms with Gasteiger partial charge in [-0.15, -0.1) is 0 Å². The van der Waals surface area contributed by atoms with Crippen LogP contribution < -0.4 is 10.2 Å². The lowest BCUT2D eigenvalue weighted by atomic mass is 9.85. The molecule has 0 atom stereocenters. The molecule has 0 unspecified atom stereocenters. The van der Waals surface area contributed by atoms with Crippen molar-refractivity contribution in [1.82, 2.24) is 5.32 Å². The van der Waals surface area contributed by atoms with Gasteiger partial charge in [0.1, 0.15) is 0 Å². The van der Waals surface area contributed by atoms with Gasteiger partial charge in [-0.25, -0.2) is 0 Å². The molecule has 2 amide bonds. The largest absolute Gasteiger partial charge is 0.354 e. The molecule has 1 N–H and O–H groups in total. The number of hydrogen-bond acceptors (Lipinski definition) is 2. The number of nitrogens with zero attached hydrogens (tertiary/aromatic N) is 1. The second kappa shape index (κ2) is 9.05. The second-order valence-electron chi connectivity index (χ2n) is 7.59. The maximum atomic E-state index is 12.2. The van der Waals surface area contributed by atoms with Gasteiger partial charge in [0.2, 0.25) is 11.8 Å². The van der Waals surface area contributed by atoms with Crippen LogP contribution in [0.5, 0.6) is 0 Å². The number of halogens is 1. The van der Waals surface area contributed by atoms with Crippen LogP contribution in [-0.4, -0.2) is 24.9 Å². The van der Waals surface area contributed by atoms with Gasteiger partial charge in [0.15, 0.2) is 0 Å². The fourth-order valence-electron chi connectivity index (χ4n) is 2.95. The van der Waals surface area contributed by atoms with E-state index in [1.807, 2.05) is 36.4 Å². The molecule has 0 spiro atoms. The third kappa shape index (κ3) is 6.10. The highest BCUT2D eigenvalue weighted by Crippen LogP contribution is 2.31. The topological polar surface area (TPSA) is 49.4 Å². The number of nitrogens with one attached hydrogen (secondary N) is 1. The zero-order chi connectivity index (χ0) is 20.0. The molecular formula is C22H27ClN2O2. The van der Waals surface area contributed by atoms with Crippen LogP contribution in [0.3, 0.4) is 0 Å². The predicted octanol–water partition coefficient (Wildman–Crippen LogP) is 4.35. The van der Waals surface area contributed by atoms with Gasteiger partial charge < -0.3 is 10.2 Å². The van der Waals surface area contributed by atoms with Crippen molar-refractivity contribution in [1.29, 1.82) is 0 Å². The van der Waals surface area contributed by atoms with Crippen molar-refractivity contribution < 1.29 is 9.59 Å². The summed E-state index contributed by atoms with van der Waals surface area (Å²) >= 11 is 5.86. The SMILES string of the molecule is CC(=O)N(CCNC(=O)Cc1ccc(Cl)cc1)c1ccccc1C(C)(C)C. The average molecular weight is 387 g/mol. The molecular weight excluding hydrogens is 360 g/mol. The van der Waals surface area contributed by atoms with Gasteiger partial charge in [-0.3, -0.25) is 9.59 Å². The minimum atomic E-state index is -0.0812. The van der Waals surface area contributed by atoms with E-state index < -0.39 is 0 Å². The number of carbonyl (C=O) groups excluding carboxylic acids is 2. The third-order valence-corrected chi connectivity index (χ3v) is 4.57. The van der Waals surface area contributed by atoms with Gasteiger partial charge in [-0.1, -0.05) is 62.7 Å². The number of amides is 2. The Kier molecular flexibility index (Phi) is 7.03. The van der Waals surface area contributed by atoms with E-state index >= 15 is 0 Å². The standard InChI is InChI=1S/C22H27ClN2O2/c1-16(26)25(20-8-6-5-7-19(20)22(2,3)4)14-13-24-21(27)15-17-9-11-18(23)12-10-17/h5-12H,13-15H2,1-4H3,(H,24,27). The van der Waals surface area contributed by atoms with E-state index in [0.29, 0.717) is 18.1 Å². The maximum absolute atomic E-state index is 12.2. The lowest BCUT2D eigenvalue weighted by Crippen LogP contribution is -2.39. The first-order chi connectivity index (χ1) is 12.7. The molecule has 0 bridgehead atoms. The summed E-state index contributed by atoms with van der Waals surface area (Å²) < 4.78 is 0. The number of hydrogen-bond donors (Lipinski definition) is 1. The van der Waals surface area contributed by atoms with E-state index in [1.165, 1.54) is 0 Å². The van der Waals surface area contributed by atoms with Gasteiger partial charge in [0.05, 0.1) is 6.42 Å². The Labute approximate surface area is 166 Å². The normalized spacial score (nSPS) is 11.1. The summed E-state index contributed by atoms with van der Waals surface area (Å²) in [6, 6.07) is 15.1. The Balaban J connectivity index is 2.01. The molecule has 2 aromatic carbocycles. The number of carbonyl (C=O) groups is 2. The fourth-order valence-corrected chi connectivity index (χ4v) is 3.07. The Hall–Kier alpha value is -2.33. The summed E-state index contributed by atoms with van der Waals surface area (Å²) in [7, 11) is 0. The smallest absolute Gasteiger partial charge is 0.224 e. The minimum Gasteiger partial charge on any atom is -0.354 e. The second-order valence-corrected chi connectivity index (χ2v) is 8.03. The van der Waals surface area contributed by atoms with Crippen LogP contribution in [0.15, 0.2) is 48.5 Å². The van der Waals surface area contributed by atoms with Crippen LogP contribution in [0, 0.1) is 0 Å². The molecule has 0 radical (unpaired) electrons. The van der Waals surface area contributed by atoms with Gasteiger partial charge in [0.25, 0.3) is 0 Å². The first kappa shape index (κ1) is 21.0. The quantitative estimate of drug-likeness (QED) is 0.802. The number of para-hydroxylation sites is 1. The van der Waals surface area contributed by atoms with Crippen LogP contribution in [0.25, 0.3) is 0 Å². The number of rotatable bonds is 6. The first-order valence-electron chi connectivity index (χ1n) is 9.07. The van der Waals surface area contributed by atoms with Crippen LogP contribution >= 0.6 is 11.6 Å². The monoisotopic (exact) mass is 386 g/mol. The van der Waals surface area contributed by atoms with Crippen LogP contribution in [0.1, 0.15) is 38.8 Å². The lowest BCUT2D eigenvalue weighted by molar-refractivity contribution is -0.121. The van der Waals surface area contributed by atoms with E-state index in [-0.39, 0.29) is 23.7 Å². The first-order valence-corrected chi connectivity index (χ1v) is 9.45. The Bertz CT molecular complexity index is 795. The van der Waals surface area contributed by atoms with Crippen LogP contribution in [-0.2, 0) is 21.4 Å². The van der Waals surface area contributed by atoms with Crippen LogP contribution in [0.4, 0.5) is 5.69 Å². The summed E-state index contributed by atoms with van der Waals surface area (Å²) in [6.07, 6.45) is 0.288. The molecule has 0 saturated heterocycles. The maximum Gasteiger partial charge on any atom is 0.224 e. The van der Waals surface area contributed by atoms with E-state index in [1.54, 1.807) is 24.0 Å². The molecule has 0 heterocycles. The molecule has 0 aliphatic rings. The van der Waals surface area contributed by atoms with Gasteiger partial charge >= 0.3 is 0 Å². The van der Waals surface area contributed by atoms with Gasteiger partial charge in [0, 0.05) is 30.7 Å². The molecule has 0 saturated carbocycles. The predicted molar refractivity (Wildman–Crippen MR) is 111 cm³/mol. The molecule has 2 rings (SSSR count). The Morgan fingerprint density at radius 1 is 1.04 bits per heavy atom.